The van der Waals surface area contributed by atoms with Crippen LogP contribution in [0.15, 0.2) is 27.2 Å². The van der Waals surface area contributed by atoms with Gasteiger partial charge >= 0.3 is 0 Å². The molecule has 96 valence electrons. The van der Waals surface area contributed by atoms with Crippen molar-refractivity contribution in [3.05, 3.63) is 34.4 Å². The molecule has 0 fully saturated rings. The molecule has 1 unspecified atom stereocenters. The molecule has 0 aliphatic carbocycles. The van der Waals surface area contributed by atoms with Gasteiger partial charge in [-0.15, -0.1) is 0 Å². The van der Waals surface area contributed by atoms with Crippen molar-refractivity contribution in [2.45, 2.75) is 25.8 Å². The van der Waals surface area contributed by atoms with Crippen LogP contribution in [0.5, 0.6) is 0 Å². The molecule has 1 aromatic heterocycles. The zero-order valence-corrected chi connectivity index (χ0v) is 11.4. The van der Waals surface area contributed by atoms with Crippen molar-refractivity contribution in [3.63, 3.8) is 0 Å². The third-order valence-corrected chi connectivity index (χ3v) is 3.14. The molecule has 0 bridgehead atoms. The zero-order chi connectivity index (χ0) is 13.1. The van der Waals surface area contributed by atoms with E-state index in [4.69, 9.17) is 10.3 Å². The van der Waals surface area contributed by atoms with E-state index in [0.29, 0.717) is 23.7 Å². The molecular formula is C12H13BrFN3O. The lowest BCUT2D eigenvalue weighted by molar-refractivity contribution is 0.372. The first-order valence-electron chi connectivity index (χ1n) is 5.60. The van der Waals surface area contributed by atoms with Crippen molar-refractivity contribution in [1.29, 1.82) is 0 Å². The maximum Gasteiger partial charge on any atom is 0.227 e. The van der Waals surface area contributed by atoms with Crippen molar-refractivity contribution in [2.75, 3.05) is 0 Å². The van der Waals surface area contributed by atoms with E-state index in [0.717, 1.165) is 10.9 Å². The molecule has 1 aromatic carbocycles. The molecule has 0 spiro atoms. The highest BCUT2D eigenvalue weighted by molar-refractivity contribution is 9.10. The first kappa shape index (κ1) is 13.2. The fourth-order valence-corrected chi connectivity index (χ4v) is 1.91. The second-order valence-corrected chi connectivity index (χ2v) is 5.01. The van der Waals surface area contributed by atoms with Crippen molar-refractivity contribution in [1.82, 2.24) is 10.1 Å². The van der Waals surface area contributed by atoms with Crippen LogP contribution in [0.1, 0.15) is 19.2 Å². The number of hydrogen-bond acceptors (Lipinski definition) is 4. The second-order valence-electron chi connectivity index (χ2n) is 4.15. The number of nitrogens with two attached hydrogens (primary N) is 1. The lowest BCUT2D eigenvalue weighted by Crippen LogP contribution is -2.15. The van der Waals surface area contributed by atoms with Crippen molar-refractivity contribution >= 4 is 15.9 Å². The zero-order valence-electron chi connectivity index (χ0n) is 9.86. The highest BCUT2D eigenvalue weighted by Crippen LogP contribution is 2.26. The van der Waals surface area contributed by atoms with E-state index in [2.05, 4.69) is 26.1 Å². The predicted octanol–water partition coefficient (Wildman–Crippen LogP) is 2.92. The maximum absolute atomic E-state index is 13.2. The highest BCUT2D eigenvalue weighted by Gasteiger charge is 2.12. The Morgan fingerprint density at radius 3 is 3.00 bits per heavy atom. The summed E-state index contributed by atoms with van der Waals surface area (Å²) in [7, 11) is 0. The monoisotopic (exact) mass is 313 g/mol. The fraction of sp³-hybridized carbons (Fsp3) is 0.333. The fourth-order valence-electron chi connectivity index (χ4n) is 1.49. The third kappa shape index (κ3) is 3.14. The first-order chi connectivity index (χ1) is 8.56. The van der Waals surface area contributed by atoms with Gasteiger partial charge in [-0.05, 0) is 31.5 Å². The van der Waals surface area contributed by atoms with Crippen LogP contribution in [0, 0.1) is 5.82 Å². The van der Waals surface area contributed by atoms with E-state index < -0.39 is 0 Å². The Kier molecular flexibility index (Phi) is 4.08. The minimum atomic E-state index is -0.338. The Balaban J connectivity index is 2.21. The van der Waals surface area contributed by atoms with Crippen LogP contribution in [-0.4, -0.2) is 16.2 Å². The highest BCUT2D eigenvalue weighted by atomic mass is 79.9. The molecule has 1 heterocycles. The predicted molar refractivity (Wildman–Crippen MR) is 69.4 cm³/mol. The lowest BCUT2D eigenvalue weighted by Gasteiger charge is -1.99. The smallest absolute Gasteiger partial charge is 0.227 e. The van der Waals surface area contributed by atoms with Crippen LogP contribution in [-0.2, 0) is 6.42 Å². The molecule has 0 aliphatic heterocycles. The average molecular weight is 314 g/mol. The van der Waals surface area contributed by atoms with Gasteiger partial charge in [0, 0.05) is 22.5 Å². The summed E-state index contributed by atoms with van der Waals surface area (Å²) < 4.78 is 19.0. The van der Waals surface area contributed by atoms with Gasteiger partial charge in [-0.3, -0.25) is 0 Å². The summed E-state index contributed by atoms with van der Waals surface area (Å²) in [5.74, 6) is 0.551. The van der Waals surface area contributed by atoms with E-state index >= 15 is 0 Å². The summed E-state index contributed by atoms with van der Waals surface area (Å²) in [5, 5.41) is 3.84. The molecular weight excluding hydrogens is 301 g/mol. The molecule has 0 aliphatic rings. The van der Waals surface area contributed by atoms with Gasteiger partial charge in [-0.25, -0.2) is 4.39 Å². The third-order valence-electron chi connectivity index (χ3n) is 2.45. The molecule has 6 heteroatoms. The minimum absolute atomic E-state index is 0.0845. The summed E-state index contributed by atoms with van der Waals surface area (Å²) in [4.78, 5) is 4.22. The number of aromatic nitrogens is 2. The van der Waals surface area contributed by atoms with Gasteiger partial charge in [0.2, 0.25) is 11.7 Å². The largest absolute Gasteiger partial charge is 0.339 e. The van der Waals surface area contributed by atoms with Crippen LogP contribution in [0.4, 0.5) is 4.39 Å². The molecule has 0 saturated heterocycles. The number of benzene rings is 1. The van der Waals surface area contributed by atoms with Gasteiger partial charge in [0.25, 0.3) is 0 Å². The Bertz CT molecular complexity index is 542. The van der Waals surface area contributed by atoms with E-state index in [1.54, 1.807) is 6.07 Å². The molecule has 4 nitrogen and oxygen atoms in total. The van der Waals surface area contributed by atoms with Gasteiger partial charge in [0.05, 0.1) is 0 Å². The van der Waals surface area contributed by atoms with E-state index in [1.165, 1.54) is 12.1 Å². The maximum atomic E-state index is 13.2. The second kappa shape index (κ2) is 5.58. The quantitative estimate of drug-likeness (QED) is 0.942. The number of hydrogen-bond donors (Lipinski definition) is 1. The first-order valence-corrected chi connectivity index (χ1v) is 6.39. The van der Waals surface area contributed by atoms with E-state index in [-0.39, 0.29) is 11.9 Å². The number of rotatable bonds is 4. The van der Waals surface area contributed by atoms with Crippen molar-refractivity contribution in [3.8, 4) is 11.4 Å². The van der Waals surface area contributed by atoms with Crippen LogP contribution < -0.4 is 5.73 Å². The van der Waals surface area contributed by atoms with E-state index in [1.807, 2.05) is 6.92 Å². The van der Waals surface area contributed by atoms with Gasteiger partial charge in [0.1, 0.15) is 5.82 Å². The molecule has 2 N–H and O–H groups in total. The van der Waals surface area contributed by atoms with Crippen LogP contribution in [0.2, 0.25) is 0 Å². The standard InChI is InChI=1S/C12H13BrFN3O/c1-7(15)2-5-11-16-12(17-18-11)9-6-8(14)3-4-10(9)13/h3-4,6-7H,2,5,15H2,1H3. The topological polar surface area (TPSA) is 64.9 Å². The summed E-state index contributed by atoms with van der Waals surface area (Å²) in [6.07, 6.45) is 1.39. The van der Waals surface area contributed by atoms with Gasteiger partial charge < -0.3 is 10.3 Å². The van der Waals surface area contributed by atoms with Gasteiger partial charge in [-0.2, -0.15) is 4.98 Å². The van der Waals surface area contributed by atoms with Crippen molar-refractivity contribution < 1.29 is 8.91 Å². The summed E-state index contributed by atoms with van der Waals surface area (Å²) in [6, 6.07) is 4.43. The lowest BCUT2D eigenvalue weighted by atomic mass is 10.2. The van der Waals surface area contributed by atoms with Gasteiger partial charge in [-0.1, -0.05) is 21.1 Å². The number of aryl methyl sites for hydroxylation is 1. The Labute approximate surface area is 113 Å². The van der Waals surface area contributed by atoms with Crippen LogP contribution in [0.25, 0.3) is 11.4 Å². The molecule has 2 aromatic rings. The Hall–Kier alpha value is -1.27. The van der Waals surface area contributed by atoms with Crippen LogP contribution in [0.3, 0.4) is 0 Å². The Morgan fingerprint density at radius 2 is 2.28 bits per heavy atom. The van der Waals surface area contributed by atoms with Crippen molar-refractivity contribution in [2.24, 2.45) is 5.73 Å². The number of nitrogens with zero attached hydrogens (tertiary/aromatic N) is 2. The normalized spacial score (nSPS) is 12.7. The summed E-state index contributed by atoms with van der Waals surface area (Å²) in [6.45, 7) is 1.92. The number of halogens is 2. The molecule has 2 rings (SSSR count). The average Bonchev–Trinajstić information content (AvgIpc) is 2.78. The van der Waals surface area contributed by atoms with Crippen LogP contribution >= 0.6 is 15.9 Å². The minimum Gasteiger partial charge on any atom is -0.339 e. The summed E-state index contributed by atoms with van der Waals surface area (Å²) >= 11 is 3.33. The molecule has 0 saturated carbocycles. The SMILES string of the molecule is CC(N)CCc1nc(-c2cc(F)ccc2Br)no1. The summed E-state index contributed by atoms with van der Waals surface area (Å²) in [5.41, 5.74) is 6.23. The molecule has 0 radical (unpaired) electrons. The van der Waals surface area contributed by atoms with Gasteiger partial charge in [0.15, 0.2) is 0 Å². The van der Waals surface area contributed by atoms with E-state index in [9.17, 15) is 4.39 Å². The molecule has 1 atom stereocenters. The molecule has 18 heavy (non-hydrogen) atoms. The Morgan fingerprint density at radius 1 is 1.50 bits per heavy atom. The molecule has 0 amide bonds.